The van der Waals surface area contributed by atoms with Gasteiger partial charge in [0.2, 0.25) is 5.91 Å². The highest BCUT2D eigenvalue weighted by Gasteiger charge is 2.40. The van der Waals surface area contributed by atoms with Crippen molar-refractivity contribution in [1.29, 1.82) is 0 Å². The van der Waals surface area contributed by atoms with Gasteiger partial charge in [0, 0.05) is 12.5 Å². The Morgan fingerprint density at radius 2 is 2.04 bits per heavy atom. The van der Waals surface area contributed by atoms with Gasteiger partial charge >= 0.3 is 0 Å². The maximum Gasteiger partial charge on any atom is 0.217 e. The number of amides is 1. The molecular formula is C15H19NO7. The molecule has 0 aliphatic carbocycles. The van der Waals surface area contributed by atoms with Gasteiger partial charge in [-0.2, -0.15) is 0 Å². The summed E-state index contributed by atoms with van der Waals surface area (Å²) >= 11 is 0. The van der Waals surface area contributed by atoms with Crippen molar-refractivity contribution in [3.8, 4) is 5.75 Å². The number of aromatic hydroxyl groups is 1. The summed E-state index contributed by atoms with van der Waals surface area (Å²) in [6, 6.07) is 4.85. The molecule has 126 valence electrons. The van der Waals surface area contributed by atoms with Crippen LogP contribution in [0.2, 0.25) is 0 Å². The minimum atomic E-state index is -1.44. The molecule has 4 N–H and O–H groups in total. The van der Waals surface area contributed by atoms with Crippen LogP contribution in [0.5, 0.6) is 5.75 Å². The van der Waals surface area contributed by atoms with Crippen LogP contribution < -0.4 is 5.32 Å². The molecule has 1 aromatic carbocycles. The molecule has 5 atom stereocenters. The summed E-state index contributed by atoms with van der Waals surface area (Å²) in [5, 5.41) is 31.8. The van der Waals surface area contributed by atoms with Crippen molar-refractivity contribution in [2.45, 2.75) is 37.6 Å². The Morgan fingerprint density at radius 3 is 2.61 bits per heavy atom. The zero-order valence-corrected chi connectivity index (χ0v) is 12.5. The van der Waals surface area contributed by atoms with Crippen LogP contribution in [0.4, 0.5) is 0 Å². The summed E-state index contributed by atoms with van der Waals surface area (Å²) < 4.78 is 10.9. The van der Waals surface area contributed by atoms with Crippen LogP contribution in [0.3, 0.4) is 0 Å². The Labute approximate surface area is 132 Å². The lowest BCUT2D eigenvalue weighted by atomic mass is 10.0. The molecule has 8 heteroatoms. The van der Waals surface area contributed by atoms with Gasteiger partial charge in [-0.25, -0.2) is 0 Å². The highest BCUT2D eigenvalue weighted by atomic mass is 16.7. The predicted octanol–water partition coefficient (Wildman–Crippen LogP) is -0.768. The summed E-state index contributed by atoms with van der Waals surface area (Å²) in [6.45, 7) is 1.10. The van der Waals surface area contributed by atoms with E-state index in [1.165, 1.54) is 19.1 Å². The summed E-state index contributed by atoms with van der Waals surface area (Å²) in [4.78, 5) is 22.1. The van der Waals surface area contributed by atoms with E-state index in [1.807, 2.05) is 0 Å². The number of rotatable bonds is 5. The maximum absolute atomic E-state index is 11.1. The Bertz CT molecular complexity index is 547. The van der Waals surface area contributed by atoms with E-state index in [0.29, 0.717) is 11.8 Å². The van der Waals surface area contributed by atoms with E-state index in [1.54, 1.807) is 12.1 Å². The molecule has 1 saturated heterocycles. The Kier molecular flexibility index (Phi) is 5.67. The first-order valence-electron chi connectivity index (χ1n) is 7.07. The van der Waals surface area contributed by atoms with Crippen LogP contribution >= 0.6 is 0 Å². The van der Waals surface area contributed by atoms with Gasteiger partial charge in [0.05, 0.1) is 6.61 Å². The van der Waals surface area contributed by atoms with E-state index in [-0.39, 0.29) is 12.4 Å². The topological polar surface area (TPSA) is 125 Å². The number of carbonyl (C=O) groups excluding carboxylic acids is 2. The fourth-order valence-electron chi connectivity index (χ4n) is 2.31. The summed E-state index contributed by atoms with van der Waals surface area (Å²) in [6.07, 6.45) is -4.20. The van der Waals surface area contributed by atoms with E-state index in [9.17, 15) is 24.9 Å². The number of ether oxygens (including phenoxy) is 2. The lowest BCUT2D eigenvalue weighted by molar-refractivity contribution is -0.276. The second-order valence-corrected chi connectivity index (χ2v) is 5.28. The monoisotopic (exact) mass is 325 g/mol. The summed E-state index contributed by atoms with van der Waals surface area (Å²) in [7, 11) is 0. The Hall–Kier alpha value is -2.00. The summed E-state index contributed by atoms with van der Waals surface area (Å²) in [5.41, 5.74) is 0.578. The minimum absolute atomic E-state index is 0.0767. The molecule has 2 rings (SSSR count). The Morgan fingerprint density at radius 1 is 1.39 bits per heavy atom. The van der Waals surface area contributed by atoms with Crippen molar-refractivity contribution < 1.29 is 34.4 Å². The molecule has 1 unspecified atom stereocenters. The van der Waals surface area contributed by atoms with Crippen LogP contribution in [0.25, 0.3) is 0 Å². The van der Waals surface area contributed by atoms with Gasteiger partial charge in [-0.3, -0.25) is 4.79 Å². The average Bonchev–Trinajstić information content (AvgIpc) is 2.53. The third-order valence-electron chi connectivity index (χ3n) is 3.46. The van der Waals surface area contributed by atoms with Crippen LogP contribution in [-0.4, -0.2) is 58.5 Å². The molecule has 1 fully saturated rings. The number of hydrogen-bond acceptors (Lipinski definition) is 7. The number of aldehydes is 1. The minimum Gasteiger partial charge on any atom is -0.508 e. The standard InChI is InChI=1S/C15H19NO7/c1-8(18)16-11(6-17)13(21)14-12(20)7-22-15(23-14)9-2-4-10(19)5-3-9/h2-6,11-15,19-21H,7H2,1H3,(H,16,18)/t11-,12+,13+,14+,15?/m0/s1. The van der Waals surface area contributed by atoms with Crippen molar-refractivity contribution in [2.24, 2.45) is 0 Å². The molecule has 1 heterocycles. The van der Waals surface area contributed by atoms with E-state index in [0.717, 1.165) is 0 Å². The van der Waals surface area contributed by atoms with Crippen molar-refractivity contribution in [2.75, 3.05) is 6.61 Å². The van der Waals surface area contributed by atoms with E-state index in [4.69, 9.17) is 9.47 Å². The zero-order chi connectivity index (χ0) is 17.0. The second-order valence-electron chi connectivity index (χ2n) is 5.28. The molecule has 1 aliphatic rings. The van der Waals surface area contributed by atoms with Crippen molar-refractivity contribution >= 4 is 12.2 Å². The number of aliphatic hydroxyl groups excluding tert-OH is 2. The predicted molar refractivity (Wildman–Crippen MR) is 77.4 cm³/mol. The van der Waals surface area contributed by atoms with Crippen LogP contribution in [-0.2, 0) is 19.1 Å². The van der Waals surface area contributed by atoms with Crippen LogP contribution in [0.15, 0.2) is 24.3 Å². The molecule has 23 heavy (non-hydrogen) atoms. The first kappa shape index (κ1) is 17.4. The largest absolute Gasteiger partial charge is 0.508 e. The molecule has 1 aromatic rings. The number of nitrogens with one attached hydrogen (secondary N) is 1. The molecular weight excluding hydrogens is 306 g/mol. The highest BCUT2D eigenvalue weighted by Crippen LogP contribution is 2.29. The maximum atomic E-state index is 11.1. The van der Waals surface area contributed by atoms with Crippen molar-refractivity contribution in [3.05, 3.63) is 29.8 Å². The van der Waals surface area contributed by atoms with E-state index < -0.39 is 36.6 Å². The molecule has 1 amide bonds. The zero-order valence-electron chi connectivity index (χ0n) is 12.5. The number of carbonyl (C=O) groups is 2. The van der Waals surface area contributed by atoms with Crippen molar-refractivity contribution in [1.82, 2.24) is 5.32 Å². The number of phenols is 1. The summed E-state index contributed by atoms with van der Waals surface area (Å²) in [5.74, 6) is -0.411. The molecule has 0 bridgehead atoms. The van der Waals surface area contributed by atoms with Gasteiger partial charge in [0.15, 0.2) is 6.29 Å². The first-order valence-corrected chi connectivity index (χ1v) is 7.07. The van der Waals surface area contributed by atoms with Gasteiger partial charge in [-0.15, -0.1) is 0 Å². The fourth-order valence-corrected chi connectivity index (χ4v) is 2.31. The second kappa shape index (κ2) is 7.51. The lowest BCUT2D eigenvalue weighted by Gasteiger charge is -2.38. The average molecular weight is 325 g/mol. The van der Waals surface area contributed by atoms with Gasteiger partial charge in [-0.1, -0.05) is 12.1 Å². The van der Waals surface area contributed by atoms with E-state index in [2.05, 4.69) is 5.32 Å². The molecule has 0 aromatic heterocycles. The van der Waals surface area contributed by atoms with Crippen LogP contribution in [0, 0.1) is 0 Å². The lowest BCUT2D eigenvalue weighted by Crippen LogP contribution is -2.56. The fraction of sp³-hybridized carbons (Fsp3) is 0.467. The van der Waals surface area contributed by atoms with Crippen LogP contribution in [0.1, 0.15) is 18.8 Å². The van der Waals surface area contributed by atoms with Gasteiger partial charge < -0.3 is 34.9 Å². The highest BCUT2D eigenvalue weighted by molar-refractivity contribution is 5.77. The smallest absolute Gasteiger partial charge is 0.217 e. The van der Waals surface area contributed by atoms with Gasteiger partial charge in [-0.05, 0) is 12.1 Å². The number of phenolic OH excluding ortho intramolecular Hbond substituents is 1. The number of aliphatic hydroxyl groups is 2. The van der Waals surface area contributed by atoms with E-state index >= 15 is 0 Å². The Balaban J connectivity index is 2.11. The molecule has 0 radical (unpaired) electrons. The number of hydrogen-bond donors (Lipinski definition) is 4. The molecule has 1 aliphatic heterocycles. The quantitative estimate of drug-likeness (QED) is 0.524. The molecule has 8 nitrogen and oxygen atoms in total. The normalized spacial score (nSPS) is 27.0. The first-order chi connectivity index (χ1) is 10.9. The van der Waals surface area contributed by atoms with Crippen molar-refractivity contribution in [3.63, 3.8) is 0 Å². The molecule has 0 spiro atoms. The SMILES string of the molecule is CC(=O)N[C@@H](C=O)[C@@H](O)[C@@H]1OC(c2ccc(O)cc2)OC[C@H]1O. The third kappa shape index (κ3) is 4.26. The molecule has 0 saturated carbocycles. The van der Waals surface area contributed by atoms with Gasteiger partial charge in [0.25, 0.3) is 0 Å². The van der Waals surface area contributed by atoms with Gasteiger partial charge in [0.1, 0.15) is 36.4 Å². The third-order valence-corrected chi connectivity index (χ3v) is 3.46. The number of benzene rings is 1.